The fourth-order valence-corrected chi connectivity index (χ4v) is 5.87. The van der Waals surface area contributed by atoms with E-state index in [2.05, 4.69) is 15.3 Å². The predicted octanol–water partition coefficient (Wildman–Crippen LogP) is 5.73. The second kappa shape index (κ2) is 12.2. The summed E-state index contributed by atoms with van der Waals surface area (Å²) >= 11 is 0. The Hall–Kier alpha value is -5.51. The van der Waals surface area contributed by atoms with Crippen molar-refractivity contribution in [2.24, 2.45) is 5.92 Å². The molecule has 2 aromatic heterocycles. The van der Waals surface area contributed by atoms with Crippen molar-refractivity contribution in [2.75, 3.05) is 30.4 Å². The number of carbonyl (C=O) groups is 3. The van der Waals surface area contributed by atoms with Crippen LogP contribution in [0.1, 0.15) is 38.5 Å². The Morgan fingerprint density at radius 3 is 2.38 bits per heavy atom. The summed E-state index contributed by atoms with van der Waals surface area (Å²) in [7, 11) is 1.71. The first kappa shape index (κ1) is 29.6. The molecule has 10 heteroatoms. The van der Waals surface area contributed by atoms with Crippen molar-refractivity contribution in [3.05, 3.63) is 113 Å². The lowest BCUT2D eigenvalue weighted by Gasteiger charge is -2.20. The monoisotopic (exact) mass is 603 g/mol. The molecule has 0 radical (unpaired) electrons. The number of fused-ring (bicyclic) bond motifs is 1. The van der Waals surface area contributed by atoms with Gasteiger partial charge in [-0.1, -0.05) is 36.4 Å². The number of para-hydroxylation sites is 1. The molecular weight excluding hydrogens is 570 g/mol. The number of aromatic nitrogens is 2. The van der Waals surface area contributed by atoms with Crippen LogP contribution in [0.5, 0.6) is 0 Å². The van der Waals surface area contributed by atoms with Gasteiger partial charge in [-0.25, -0.2) is 0 Å². The summed E-state index contributed by atoms with van der Waals surface area (Å²) in [6.07, 6.45) is 3.24. The third-order valence-electron chi connectivity index (χ3n) is 8.46. The van der Waals surface area contributed by atoms with E-state index in [1.807, 2.05) is 74.5 Å². The number of likely N-dealkylation sites (tertiary alicyclic amines) is 1. The van der Waals surface area contributed by atoms with Crippen LogP contribution in [-0.4, -0.2) is 57.9 Å². The first-order valence-electron chi connectivity index (χ1n) is 14.7. The molecule has 10 nitrogen and oxygen atoms in total. The second-order valence-electron chi connectivity index (χ2n) is 11.4. The smallest absolute Gasteiger partial charge is 0.308 e. The normalized spacial score (nSPS) is 16.1. The third-order valence-corrected chi connectivity index (χ3v) is 8.46. The fourth-order valence-electron chi connectivity index (χ4n) is 5.87. The molecule has 0 bridgehead atoms. The standard InChI is InChI=1S/C35H33N5O5/c1-21-5-4-6-22(2)32(21)38-35-37-29-12-7-23(17-30(29)45-35)18-31(41)39(3)26-10-8-24(9-11-26)27-19-40(20-28(27)34(43)44)33(42)25-13-15-36-16-14-25/h4-17,27-28H,18-20H2,1-3H3,(H,37,38)(H,43,44). The van der Waals surface area contributed by atoms with E-state index in [9.17, 15) is 19.5 Å². The Balaban J connectivity index is 1.12. The molecule has 5 aromatic rings. The lowest BCUT2D eigenvalue weighted by Crippen LogP contribution is -2.29. The summed E-state index contributed by atoms with van der Waals surface area (Å²) in [6, 6.07) is 22.5. The molecule has 0 aliphatic carbocycles. The first-order chi connectivity index (χ1) is 21.7. The Labute approximate surface area is 260 Å². The van der Waals surface area contributed by atoms with E-state index in [0.717, 1.165) is 27.9 Å². The Morgan fingerprint density at radius 1 is 0.978 bits per heavy atom. The number of pyridine rings is 1. The van der Waals surface area contributed by atoms with Crippen LogP contribution in [-0.2, 0) is 16.0 Å². The van der Waals surface area contributed by atoms with Gasteiger partial charge in [0, 0.05) is 55.4 Å². The number of amides is 2. The van der Waals surface area contributed by atoms with E-state index in [4.69, 9.17) is 4.42 Å². The number of nitrogens with one attached hydrogen (secondary N) is 1. The van der Waals surface area contributed by atoms with E-state index < -0.39 is 11.9 Å². The van der Waals surface area contributed by atoms with Gasteiger partial charge in [-0.05, 0) is 72.5 Å². The molecule has 2 atom stereocenters. The average Bonchev–Trinajstić information content (AvgIpc) is 3.67. The number of rotatable bonds is 8. The molecule has 2 N–H and O–H groups in total. The molecule has 1 aliphatic heterocycles. The van der Waals surface area contributed by atoms with E-state index in [1.54, 1.807) is 41.4 Å². The van der Waals surface area contributed by atoms with Gasteiger partial charge < -0.3 is 24.6 Å². The fraction of sp³-hybridized carbons (Fsp3) is 0.229. The van der Waals surface area contributed by atoms with Gasteiger partial charge in [0.25, 0.3) is 11.9 Å². The maximum Gasteiger partial charge on any atom is 0.308 e. The number of carboxylic acids is 1. The largest absolute Gasteiger partial charge is 0.481 e. The first-order valence-corrected chi connectivity index (χ1v) is 14.7. The Morgan fingerprint density at radius 2 is 1.69 bits per heavy atom. The van der Waals surface area contributed by atoms with E-state index in [1.165, 1.54) is 0 Å². The lowest BCUT2D eigenvalue weighted by atomic mass is 9.89. The van der Waals surface area contributed by atoms with Crippen LogP contribution in [0.15, 0.2) is 89.6 Å². The number of carboxylic acid groups (broad SMARTS) is 1. The van der Waals surface area contributed by atoms with Gasteiger partial charge in [-0.3, -0.25) is 19.4 Å². The summed E-state index contributed by atoms with van der Waals surface area (Å²) in [5.41, 5.74) is 7.15. The van der Waals surface area contributed by atoms with E-state index in [-0.39, 0.29) is 37.2 Å². The van der Waals surface area contributed by atoms with E-state index in [0.29, 0.717) is 28.4 Å². The van der Waals surface area contributed by atoms with Crippen LogP contribution < -0.4 is 10.2 Å². The SMILES string of the molecule is Cc1cccc(C)c1Nc1nc2ccc(CC(=O)N(C)c3ccc(C4CN(C(=O)c5ccncc5)CC4C(=O)O)cc3)cc2o1. The highest BCUT2D eigenvalue weighted by Gasteiger charge is 2.40. The molecule has 45 heavy (non-hydrogen) atoms. The zero-order valence-electron chi connectivity index (χ0n) is 25.2. The maximum absolute atomic E-state index is 13.2. The average molecular weight is 604 g/mol. The van der Waals surface area contributed by atoms with Crippen molar-refractivity contribution in [3.63, 3.8) is 0 Å². The van der Waals surface area contributed by atoms with Crippen LogP contribution in [0.25, 0.3) is 11.1 Å². The molecule has 3 aromatic carbocycles. The second-order valence-corrected chi connectivity index (χ2v) is 11.4. The highest BCUT2D eigenvalue weighted by Crippen LogP contribution is 2.35. The molecule has 2 unspecified atom stereocenters. The van der Waals surface area contributed by atoms with Gasteiger partial charge in [0.05, 0.1) is 12.3 Å². The molecule has 0 saturated carbocycles. The number of carbonyl (C=O) groups excluding carboxylic acids is 2. The summed E-state index contributed by atoms with van der Waals surface area (Å²) in [6.45, 7) is 4.46. The molecule has 0 spiro atoms. The summed E-state index contributed by atoms with van der Waals surface area (Å²) in [5.74, 6) is -2.38. The van der Waals surface area contributed by atoms with Gasteiger partial charge in [-0.2, -0.15) is 4.98 Å². The summed E-state index contributed by atoms with van der Waals surface area (Å²) in [5, 5.41) is 13.2. The van der Waals surface area contributed by atoms with Gasteiger partial charge in [-0.15, -0.1) is 0 Å². The molecule has 1 fully saturated rings. The van der Waals surface area contributed by atoms with Crippen LogP contribution >= 0.6 is 0 Å². The number of hydrogen-bond donors (Lipinski definition) is 2. The van der Waals surface area contributed by atoms with Crippen molar-refractivity contribution < 1.29 is 23.9 Å². The van der Waals surface area contributed by atoms with Crippen molar-refractivity contribution in [2.45, 2.75) is 26.2 Å². The van der Waals surface area contributed by atoms with Crippen molar-refractivity contribution in [3.8, 4) is 0 Å². The number of oxazole rings is 1. The summed E-state index contributed by atoms with van der Waals surface area (Å²) < 4.78 is 5.97. The number of likely N-dealkylation sites (N-methyl/N-ethyl adjacent to an activating group) is 1. The van der Waals surface area contributed by atoms with Gasteiger partial charge >= 0.3 is 5.97 Å². The molecule has 6 rings (SSSR count). The number of hydrogen-bond acceptors (Lipinski definition) is 7. The van der Waals surface area contributed by atoms with E-state index >= 15 is 0 Å². The van der Waals surface area contributed by atoms with Crippen LogP contribution in [0.2, 0.25) is 0 Å². The highest BCUT2D eigenvalue weighted by atomic mass is 16.4. The number of nitrogens with zero attached hydrogens (tertiary/aromatic N) is 4. The zero-order chi connectivity index (χ0) is 31.7. The van der Waals surface area contributed by atoms with Gasteiger partial charge in [0.1, 0.15) is 5.52 Å². The highest BCUT2D eigenvalue weighted by molar-refractivity contribution is 5.95. The van der Waals surface area contributed by atoms with Gasteiger partial charge in [0.2, 0.25) is 5.91 Å². The van der Waals surface area contributed by atoms with Crippen LogP contribution in [0.3, 0.4) is 0 Å². The quantitative estimate of drug-likeness (QED) is 0.230. The molecule has 2 amide bonds. The number of aryl methyl sites for hydroxylation is 2. The predicted molar refractivity (Wildman–Crippen MR) is 171 cm³/mol. The maximum atomic E-state index is 13.2. The van der Waals surface area contributed by atoms with Crippen molar-refractivity contribution in [1.82, 2.24) is 14.9 Å². The topological polar surface area (TPSA) is 129 Å². The third kappa shape index (κ3) is 6.12. The molecule has 1 aliphatic rings. The Kier molecular flexibility index (Phi) is 8.04. The Bertz CT molecular complexity index is 1870. The van der Waals surface area contributed by atoms with Crippen molar-refractivity contribution in [1.29, 1.82) is 0 Å². The minimum absolute atomic E-state index is 0.117. The summed E-state index contributed by atoms with van der Waals surface area (Å²) in [4.78, 5) is 50.0. The molecule has 228 valence electrons. The molecular formula is C35H33N5O5. The molecule has 3 heterocycles. The van der Waals surface area contributed by atoms with Crippen LogP contribution in [0.4, 0.5) is 17.4 Å². The number of anilines is 3. The lowest BCUT2D eigenvalue weighted by molar-refractivity contribution is -0.141. The molecule has 1 saturated heterocycles. The van der Waals surface area contributed by atoms with Gasteiger partial charge in [0.15, 0.2) is 5.58 Å². The van der Waals surface area contributed by atoms with Crippen molar-refractivity contribution >= 4 is 46.3 Å². The zero-order valence-corrected chi connectivity index (χ0v) is 25.2. The minimum atomic E-state index is -0.946. The van der Waals surface area contributed by atoms with Crippen LogP contribution in [0, 0.1) is 19.8 Å². The number of aliphatic carboxylic acids is 1. The number of benzene rings is 3. The minimum Gasteiger partial charge on any atom is -0.481 e.